The van der Waals surface area contributed by atoms with Gasteiger partial charge in [0, 0.05) is 37.5 Å². The lowest BCUT2D eigenvalue weighted by Crippen LogP contribution is -2.47. The van der Waals surface area contributed by atoms with E-state index in [1.807, 2.05) is 30.7 Å². The van der Waals surface area contributed by atoms with Crippen LogP contribution in [0.5, 0.6) is 0 Å². The van der Waals surface area contributed by atoms with Gasteiger partial charge in [-0.15, -0.1) is 0 Å². The van der Waals surface area contributed by atoms with Gasteiger partial charge in [0.05, 0.1) is 37.4 Å². The second-order valence-corrected chi connectivity index (χ2v) is 8.54. The quantitative estimate of drug-likeness (QED) is 0.520. The molecule has 2 aromatic rings. The number of aromatic nitrogens is 1. The van der Waals surface area contributed by atoms with Gasteiger partial charge in [-0.2, -0.15) is 26.3 Å². The van der Waals surface area contributed by atoms with Crippen molar-refractivity contribution >= 4 is 11.9 Å². The fraction of sp³-hybridized carbons (Fsp3) is 0.522. The molecule has 4 rings (SSSR count). The van der Waals surface area contributed by atoms with Crippen LogP contribution in [0.3, 0.4) is 0 Å². The van der Waals surface area contributed by atoms with E-state index in [9.17, 15) is 26.3 Å². The van der Waals surface area contributed by atoms with Gasteiger partial charge in [-0.1, -0.05) is 6.07 Å². The molecule has 38 heavy (non-hydrogen) atoms. The number of halogens is 6. The molecule has 9 nitrogen and oxygen atoms in total. The Hall–Kier alpha value is -3.17. The van der Waals surface area contributed by atoms with Gasteiger partial charge in [-0.25, -0.2) is 9.59 Å². The predicted octanol–water partition coefficient (Wildman–Crippen LogP) is 4.28. The van der Waals surface area contributed by atoms with Crippen molar-refractivity contribution in [3.05, 3.63) is 54.2 Å². The molecule has 4 heterocycles. The number of piperidine rings is 1. The first-order valence-corrected chi connectivity index (χ1v) is 11.2. The van der Waals surface area contributed by atoms with Gasteiger partial charge in [0.1, 0.15) is 0 Å². The highest BCUT2D eigenvalue weighted by atomic mass is 19.4. The van der Waals surface area contributed by atoms with Crippen molar-refractivity contribution in [2.75, 3.05) is 19.7 Å². The molecule has 2 N–H and O–H groups in total. The molecule has 212 valence electrons. The normalized spacial score (nSPS) is 21.7. The number of carboxylic acid groups (broad SMARTS) is 2. The third kappa shape index (κ3) is 10.7. The summed E-state index contributed by atoms with van der Waals surface area (Å²) in [5.74, 6) is -5.51. The smallest absolute Gasteiger partial charge is 0.475 e. The van der Waals surface area contributed by atoms with Crippen LogP contribution < -0.4 is 0 Å². The number of nitrogens with zero attached hydrogens (tertiary/aromatic N) is 2. The molecule has 2 aliphatic heterocycles. The monoisotopic (exact) mass is 556 g/mol. The molecule has 2 atom stereocenters. The Labute approximate surface area is 213 Å². The van der Waals surface area contributed by atoms with Crippen LogP contribution >= 0.6 is 0 Å². The number of alkyl halides is 6. The van der Waals surface area contributed by atoms with Crippen molar-refractivity contribution in [3.8, 4) is 0 Å². The maximum Gasteiger partial charge on any atom is 0.490 e. The number of carboxylic acids is 2. The highest BCUT2D eigenvalue weighted by Gasteiger charge is 2.44. The van der Waals surface area contributed by atoms with E-state index in [2.05, 4.69) is 9.88 Å². The maximum absolute atomic E-state index is 10.6. The molecular formula is C23H26F6N2O7. The van der Waals surface area contributed by atoms with Gasteiger partial charge in [0.25, 0.3) is 0 Å². The van der Waals surface area contributed by atoms with E-state index < -0.39 is 24.3 Å². The summed E-state index contributed by atoms with van der Waals surface area (Å²) in [7, 11) is 0. The number of rotatable bonds is 5. The average Bonchev–Trinajstić information content (AvgIpc) is 3.48. The van der Waals surface area contributed by atoms with Crippen LogP contribution in [0, 0.1) is 0 Å². The Kier molecular flexibility index (Phi) is 11.1. The number of ether oxygens (including phenoxy) is 2. The second-order valence-electron chi connectivity index (χ2n) is 8.54. The molecule has 2 saturated heterocycles. The Morgan fingerprint density at radius 1 is 1.11 bits per heavy atom. The predicted molar refractivity (Wildman–Crippen MR) is 117 cm³/mol. The number of pyridine rings is 1. The molecule has 2 aromatic heterocycles. The number of carbonyl (C=O) groups is 2. The number of furan rings is 1. The summed E-state index contributed by atoms with van der Waals surface area (Å²) in [5.41, 5.74) is 2.31. The molecule has 15 heteroatoms. The Bertz CT molecular complexity index is 978. The van der Waals surface area contributed by atoms with E-state index in [-0.39, 0.29) is 11.7 Å². The zero-order chi connectivity index (χ0) is 28.4. The van der Waals surface area contributed by atoms with Crippen molar-refractivity contribution in [1.29, 1.82) is 0 Å². The summed E-state index contributed by atoms with van der Waals surface area (Å²) in [6, 6.07) is 6.03. The fourth-order valence-electron chi connectivity index (χ4n) is 3.86. The summed E-state index contributed by atoms with van der Waals surface area (Å²) in [6.45, 7) is 4.34. The number of hydrogen-bond acceptors (Lipinski definition) is 7. The molecule has 0 amide bonds. The van der Waals surface area contributed by atoms with E-state index in [1.165, 1.54) is 12.0 Å². The maximum atomic E-state index is 10.6. The lowest BCUT2D eigenvalue weighted by molar-refractivity contribution is -0.193. The zero-order valence-electron chi connectivity index (χ0n) is 19.9. The number of likely N-dealkylation sites (tertiary alicyclic amines) is 1. The molecular weight excluding hydrogens is 530 g/mol. The van der Waals surface area contributed by atoms with E-state index in [0.717, 1.165) is 38.0 Å². The fourth-order valence-corrected chi connectivity index (χ4v) is 3.86. The van der Waals surface area contributed by atoms with Crippen molar-refractivity contribution < 1.29 is 60.0 Å². The molecule has 0 radical (unpaired) electrons. The van der Waals surface area contributed by atoms with Crippen molar-refractivity contribution in [3.63, 3.8) is 0 Å². The van der Waals surface area contributed by atoms with E-state index in [0.29, 0.717) is 13.2 Å². The van der Waals surface area contributed by atoms with Crippen LogP contribution in [0.25, 0.3) is 0 Å². The van der Waals surface area contributed by atoms with Crippen LogP contribution in [0.1, 0.15) is 30.4 Å². The van der Waals surface area contributed by atoms with Crippen molar-refractivity contribution in [2.45, 2.75) is 56.5 Å². The van der Waals surface area contributed by atoms with Crippen molar-refractivity contribution in [1.82, 2.24) is 9.88 Å². The largest absolute Gasteiger partial charge is 0.490 e. The Morgan fingerprint density at radius 2 is 1.76 bits per heavy atom. The average molecular weight is 556 g/mol. The minimum atomic E-state index is -5.08. The van der Waals surface area contributed by atoms with Gasteiger partial charge >= 0.3 is 24.3 Å². The molecule has 0 bridgehead atoms. The first-order valence-electron chi connectivity index (χ1n) is 11.2. The summed E-state index contributed by atoms with van der Waals surface area (Å²) >= 11 is 0. The third-order valence-electron chi connectivity index (χ3n) is 5.47. The topological polar surface area (TPSA) is 122 Å². The number of aliphatic carboxylic acids is 2. The lowest BCUT2D eigenvalue weighted by atomic mass is 9.89. The number of hydrogen-bond donors (Lipinski definition) is 2. The van der Waals surface area contributed by atoms with Crippen LogP contribution in [-0.4, -0.2) is 75.8 Å². The Morgan fingerprint density at radius 3 is 2.29 bits per heavy atom. The van der Waals surface area contributed by atoms with Gasteiger partial charge in [-0.3, -0.25) is 9.88 Å². The van der Waals surface area contributed by atoms with E-state index in [4.69, 9.17) is 33.7 Å². The SMILES string of the molecule is O=C(O)C(F)(F)F.O=C(O)C(F)(F)F.c1cncc(CO[C@H]2CO[C@@]3(CCCN(Cc4ccoc4)C3)C2)c1. The van der Waals surface area contributed by atoms with Gasteiger partial charge in [0.15, 0.2) is 0 Å². The summed E-state index contributed by atoms with van der Waals surface area (Å²) in [4.78, 5) is 24.4. The van der Waals surface area contributed by atoms with Gasteiger partial charge in [0.2, 0.25) is 0 Å². The first-order chi connectivity index (χ1) is 17.7. The lowest BCUT2D eigenvalue weighted by Gasteiger charge is -2.39. The molecule has 2 aliphatic rings. The Balaban J connectivity index is 0.000000301. The van der Waals surface area contributed by atoms with Crippen LogP contribution in [0.4, 0.5) is 26.3 Å². The zero-order valence-corrected chi connectivity index (χ0v) is 19.9. The molecule has 1 spiro atoms. The molecule has 2 fully saturated rings. The molecule has 0 aromatic carbocycles. The minimum Gasteiger partial charge on any atom is -0.475 e. The second kappa shape index (κ2) is 13.6. The van der Waals surface area contributed by atoms with Crippen LogP contribution in [-0.2, 0) is 32.2 Å². The third-order valence-corrected chi connectivity index (χ3v) is 5.47. The highest BCUT2D eigenvalue weighted by Crippen LogP contribution is 2.36. The van der Waals surface area contributed by atoms with Crippen molar-refractivity contribution in [2.24, 2.45) is 0 Å². The standard InChI is InChI=1S/C19H24N2O3.2C2HF3O2/c1-3-16(10-20-6-1)13-23-18-9-19(24-14-18)5-2-7-21(15-19)11-17-4-8-22-12-17;2*3-2(4,5)1(6)7/h1,3-4,6,8,10,12,18H,2,5,7,9,11,13-15H2;2*(H,6,7)/t18-,19+;;/m1../s1. The van der Waals surface area contributed by atoms with Crippen LogP contribution in [0.15, 0.2) is 47.5 Å². The van der Waals surface area contributed by atoms with E-state index in [1.54, 1.807) is 12.5 Å². The van der Waals surface area contributed by atoms with E-state index >= 15 is 0 Å². The molecule has 0 unspecified atom stereocenters. The molecule has 0 saturated carbocycles. The highest BCUT2D eigenvalue weighted by molar-refractivity contribution is 5.73. The summed E-state index contributed by atoms with van der Waals surface area (Å²) < 4.78 is 80.9. The first kappa shape index (κ1) is 31.1. The minimum absolute atomic E-state index is 0.0401. The van der Waals surface area contributed by atoms with Crippen LogP contribution in [0.2, 0.25) is 0 Å². The van der Waals surface area contributed by atoms with Gasteiger partial charge in [-0.05, 0) is 37.1 Å². The summed E-state index contributed by atoms with van der Waals surface area (Å²) in [5, 5.41) is 14.2. The summed E-state index contributed by atoms with van der Waals surface area (Å²) in [6.07, 6.45) is 0.510. The van der Waals surface area contributed by atoms with Gasteiger partial charge < -0.3 is 24.1 Å². The molecule has 0 aliphatic carbocycles.